The Morgan fingerprint density at radius 2 is 1.68 bits per heavy atom. The van der Waals surface area contributed by atoms with Crippen molar-refractivity contribution in [3.63, 3.8) is 0 Å². The molecule has 0 saturated heterocycles. The summed E-state index contributed by atoms with van der Waals surface area (Å²) in [4.78, 5) is 36.3. The number of H-pyrrole nitrogens is 1. The average molecular weight is 537 g/mol. The molecule has 1 aliphatic heterocycles. The van der Waals surface area contributed by atoms with Gasteiger partial charge in [0.15, 0.2) is 11.6 Å². The van der Waals surface area contributed by atoms with Crippen LogP contribution in [0.25, 0.3) is 11.4 Å². The smallest absolute Gasteiger partial charge is 0.279 e. The first-order valence-corrected chi connectivity index (χ1v) is 12.6. The number of aryl methyl sites for hydroxylation is 2. The summed E-state index contributed by atoms with van der Waals surface area (Å²) in [7, 11) is 1.48. The molecule has 37 heavy (non-hydrogen) atoms. The van der Waals surface area contributed by atoms with Crippen LogP contribution in [-0.4, -0.2) is 27.6 Å². The third-order valence-corrected chi connectivity index (χ3v) is 7.17. The second-order valence-electron chi connectivity index (χ2n) is 9.41. The Balaban J connectivity index is 1.82. The Bertz CT molecular complexity index is 1610. The third kappa shape index (κ3) is 4.12. The van der Waals surface area contributed by atoms with Crippen molar-refractivity contribution in [3.05, 3.63) is 97.0 Å². The van der Waals surface area contributed by atoms with Gasteiger partial charge in [0, 0.05) is 21.8 Å². The van der Waals surface area contributed by atoms with Crippen molar-refractivity contribution in [3.8, 4) is 17.3 Å². The maximum atomic E-state index is 14.1. The van der Waals surface area contributed by atoms with Crippen molar-refractivity contribution in [2.24, 2.45) is 0 Å². The molecule has 1 N–H and O–H groups in total. The number of carbonyl (C=O) groups excluding carboxylic acids is 1. The van der Waals surface area contributed by atoms with Gasteiger partial charge in [0.1, 0.15) is 11.9 Å². The molecule has 4 aromatic rings. The summed E-state index contributed by atoms with van der Waals surface area (Å²) in [6, 6.07) is 13.9. The number of nitrogens with one attached hydrogen (secondary N) is 1. The molecule has 2 aromatic heterocycles. The molecule has 190 valence electrons. The topological polar surface area (TPSA) is 80.2 Å². The lowest BCUT2D eigenvalue weighted by Crippen LogP contribution is -2.31. The van der Waals surface area contributed by atoms with Crippen LogP contribution in [0.5, 0.6) is 5.88 Å². The first-order chi connectivity index (χ1) is 17.6. The lowest BCUT2D eigenvalue weighted by molar-refractivity contribution is 0.0989. The molecule has 2 aromatic carbocycles. The molecular formula is C28H26Cl2N4O3. The van der Waals surface area contributed by atoms with Gasteiger partial charge in [-0.1, -0.05) is 35.3 Å². The van der Waals surface area contributed by atoms with Crippen LogP contribution in [0.1, 0.15) is 58.8 Å². The standard InChI is InChI=1S/C28H26Cl2N4O3/c1-14(2)33-25-23(32-26(33)20-10-11-22(37-5)31-27(20)35)28(36)34(21-13-18(30)7-6-15(21)3)24(25)19-9-8-17(29)12-16(19)4/h6-14,24H,1-5H3,(H,31,35). The van der Waals surface area contributed by atoms with Gasteiger partial charge in [0.05, 0.1) is 18.4 Å². The van der Waals surface area contributed by atoms with Gasteiger partial charge in [-0.15, -0.1) is 0 Å². The fraction of sp³-hybridized carbons (Fsp3) is 0.250. The van der Waals surface area contributed by atoms with E-state index >= 15 is 0 Å². The molecule has 0 spiro atoms. The van der Waals surface area contributed by atoms with E-state index in [0.717, 1.165) is 22.4 Å². The third-order valence-electron chi connectivity index (χ3n) is 6.70. The molecule has 0 fully saturated rings. The number of methoxy groups -OCH3 is 1. The summed E-state index contributed by atoms with van der Waals surface area (Å²) in [5.74, 6) is 0.513. The van der Waals surface area contributed by atoms with Crippen molar-refractivity contribution >= 4 is 34.8 Å². The van der Waals surface area contributed by atoms with Gasteiger partial charge < -0.3 is 9.30 Å². The van der Waals surface area contributed by atoms with Gasteiger partial charge in [0.25, 0.3) is 11.5 Å². The molecule has 0 aliphatic carbocycles. The number of halogens is 2. The maximum Gasteiger partial charge on any atom is 0.279 e. The number of nitrogens with zero attached hydrogens (tertiary/aromatic N) is 3. The molecular weight excluding hydrogens is 511 g/mol. The van der Waals surface area contributed by atoms with E-state index in [4.69, 9.17) is 32.9 Å². The van der Waals surface area contributed by atoms with Crippen LogP contribution in [-0.2, 0) is 0 Å². The van der Waals surface area contributed by atoms with E-state index < -0.39 is 6.04 Å². The summed E-state index contributed by atoms with van der Waals surface area (Å²) in [5, 5.41) is 1.14. The molecule has 1 aliphatic rings. The lowest BCUT2D eigenvalue weighted by atomic mass is 9.97. The molecule has 7 nitrogen and oxygen atoms in total. The van der Waals surface area contributed by atoms with Crippen LogP contribution in [0, 0.1) is 13.8 Å². The van der Waals surface area contributed by atoms with E-state index in [9.17, 15) is 9.59 Å². The number of amides is 1. The number of imidazole rings is 1. The van der Waals surface area contributed by atoms with Gasteiger partial charge in [-0.2, -0.15) is 0 Å². The Morgan fingerprint density at radius 1 is 0.973 bits per heavy atom. The predicted octanol–water partition coefficient (Wildman–Crippen LogP) is 6.50. The molecule has 1 unspecified atom stereocenters. The number of aromatic nitrogens is 3. The number of hydrogen-bond donors (Lipinski definition) is 1. The maximum absolute atomic E-state index is 14.1. The second kappa shape index (κ2) is 9.39. The fourth-order valence-corrected chi connectivity index (χ4v) is 5.40. The fourth-order valence-electron chi connectivity index (χ4n) is 5.00. The van der Waals surface area contributed by atoms with E-state index in [1.165, 1.54) is 7.11 Å². The van der Waals surface area contributed by atoms with Crippen LogP contribution in [0.15, 0.2) is 53.3 Å². The highest BCUT2D eigenvalue weighted by atomic mass is 35.5. The molecule has 1 atom stereocenters. The Morgan fingerprint density at radius 3 is 2.32 bits per heavy atom. The van der Waals surface area contributed by atoms with Gasteiger partial charge in [-0.25, -0.2) is 4.98 Å². The number of aromatic amines is 1. The zero-order valence-electron chi connectivity index (χ0n) is 21.1. The van der Waals surface area contributed by atoms with Crippen molar-refractivity contribution in [1.82, 2.24) is 14.5 Å². The minimum Gasteiger partial charge on any atom is -0.482 e. The lowest BCUT2D eigenvalue weighted by Gasteiger charge is -2.30. The average Bonchev–Trinajstić information content (AvgIpc) is 3.36. The summed E-state index contributed by atoms with van der Waals surface area (Å²) >= 11 is 12.7. The first kappa shape index (κ1) is 25.1. The summed E-state index contributed by atoms with van der Waals surface area (Å²) in [5.41, 5.74) is 4.48. The van der Waals surface area contributed by atoms with E-state index in [1.54, 1.807) is 29.2 Å². The van der Waals surface area contributed by atoms with Gasteiger partial charge in [-0.05, 0) is 80.8 Å². The Labute approximate surface area is 224 Å². The minimum absolute atomic E-state index is 0.101. The number of benzene rings is 2. The zero-order chi connectivity index (χ0) is 26.6. The molecule has 0 saturated carbocycles. The second-order valence-corrected chi connectivity index (χ2v) is 10.3. The van der Waals surface area contributed by atoms with Crippen LogP contribution >= 0.6 is 23.2 Å². The number of anilines is 1. The molecule has 0 bridgehead atoms. The normalized spacial score (nSPS) is 15.0. The number of ether oxygens (including phenoxy) is 1. The number of carbonyl (C=O) groups is 1. The zero-order valence-corrected chi connectivity index (χ0v) is 22.6. The molecule has 9 heteroatoms. The van der Waals surface area contributed by atoms with E-state index in [-0.39, 0.29) is 17.5 Å². The molecule has 5 rings (SSSR count). The van der Waals surface area contributed by atoms with Gasteiger partial charge in [0.2, 0.25) is 0 Å². The summed E-state index contributed by atoms with van der Waals surface area (Å²) in [6.45, 7) is 7.93. The molecule has 0 radical (unpaired) electrons. The van der Waals surface area contributed by atoms with Crippen molar-refractivity contribution in [2.45, 2.75) is 39.8 Å². The van der Waals surface area contributed by atoms with Crippen LogP contribution in [0.4, 0.5) is 5.69 Å². The van der Waals surface area contributed by atoms with Crippen molar-refractivity contribution in [2.75, 3.05) is 12.0 Å². The van der Waals surface area contributed by atoms with Crippen LogP contribution in [0.3, 0.4) is 0 Å². The number of rotatable bonds is 5. The summed E-state index contributed by atoms with van der Waals surface area (Å²) < 4.78 is 7.13. The minimum atomic E-state index is -0.502. The van der Waals surface area contributed by atoms with E-state index in [1.807, 2.05) is 56.5 Å². The van der Waals surface area contributed by atoms with Gasteiger partial charge in [-0.3, -0.25) is 19.5 Å². The highest BCUT2D eigenvalue weighted by molar-refractivity contribution is 6.31. The predicted molar refractivity (Wildman–Crippen MR) is 146 cm³/mol. The van der Waals surface area contributed by atoms with Crippen LogP contribution < -0.4 is 15.2 Å². The number of hydrogen-bond acceptors (Lipinski definition) is 4. The van der Waals surface area contributed by atoms with Crippen LogP contribution in [0.2, 0.25) is 10.0 Å². The SMILES string of the molecule is COc1ccc(-c2nc3c(n2C(C)C)C(c2ccc(Cl)cc2C)N(c2cc(Cl)ccc2C)C3=O)c(=O)[nH]1. The number of fused-ring (bicyclic) bond motifs is 1. The van der Waals surface area contributed by atoms with E-state index in [2.05, 4.69) is 4.98 Å². The monoisotopic (exact) mass is 536 g/mol. The highest BCUT2D eigenvalue weighted by Crippen LogP contribution is 2.46. The Hall–Kier alpha value is -3.55. The largest absolute Gasteiger partial charge is 0.482 e. The number of pyridine rings is 1. The van der Waals surface area contributed by atoms with Crippen molar-refractivity contribution in [1.29, 1.82) is 0 Å². The quantitative estimate of drug-likeness (QED) is 0.315. The summed E-state index contributed by atoms with van der Waals surface area (Å²) in [6.07, 6.45) is 0. The molecule has 3 heterocycles. The highest BCUT2D eigenvalue weighted by Gasteiger charge is 2.45. The van der Waals surface area contributed by atoms with Gasteiger partial charge >= 0.3 is 0 Å². The first-order valence-electron chi connectivity index (χ1n) is 11.9. The van der Waals surface area contributed by atoms with E-state index in [0.29, 0.717) is 38.7 Å². The molecule has 1 amide bonds. The van der Waals surface area contributed by atoms with Crippen molar-refractivity contribution < 1.29 is 9.53 Å². The Kier molecular flexibility index (Phi) is 6.38.